The van der Waals surface area contributed by atoms with Gasteiger partial charge in [-0.3, -0.25) is 9.89 Å². The molecule has 0 bridgehead atoms. The molecule has 10 heteroatoms. The van der Waals surface area contributed by atoms with E-state index in [1.54, 1.807) is 21.3 Å². The van der Waals surface area contributed by atoms with Crippen LogP contribution in [0.2, 0.25) is 0 Å². The number of aryl methyl sites for hydroxylation is 1. The summed E-state index contributed by atoms with van der Waals surface area (Å²) in [6, 6.07) is 4.02. The second kappa shape index (κ2) is 10.3. The molecule has 10 nitrogen and oxygen atoms in total. The van der Waals surface area contributed by atoms with Crippen molar-refractivity contribution in [2.45, 2.75) is 20.0 Å². The summed E-state index contributed by atoms with van der Waals surface area (Å²) in [6.45, 7) is 6.99. The van der Waals surface area contributed by atoms with Crippen LogP contribution in [0.3, 0.4) is 0 Å². The predicted molar refractivity (Wildman–Crippen MR) is 119 cm³/mol. The summed E-state index contributed by atoms with van der Waals surface area (Å²) < 4.78 is 18.4. The Morgan fingerprint density at radius 1 is 1.03 bits per heavy atom. The zero-order valence-electron chi connectivity index (χ0n) is 19.3. The molecule has 2 heterocycles. The minimum atomic E-state index is 0.593. The molecule has 3 rings (SSSR count). The Kier molecular flexibility index (Phi) is 7.56. The number of guanidine groups is 1. The fourth-order valence-corrected chi connectivity index (χ4v) is 3.70. The van der Waals surface area contributed by atoms with Gasteiger partial charge in [0.05, 0.1) is 27.9 Å². The molecule has 0 radical (unpaired) electrons. The fourth-order valence-electron chi connectivity index (χ4n) is 3.70. The van der Waals surface area contributed by atoms with Crippen LogP contribution in [-0.4, -0.2) is 85.1 Å². The lowest BCUT2D eigenvalue weighted by molar-refractivity contribution is 0.172. The SMILES string of the molecule is CN=C(NCc1nnc(C)n1C)N1CCN(Cc2cc(OC)c(OC)c(OC)c2)CC1. The molecule has 0 aliphatic carbocycles. The van der Waals surface area contributed by atoms with Crippen LogP contribution in [-0.2, 0) is 20.1 Å². The Balaban J connectivity index is 1.57. The van der Waals surface area contributed by atoms with Crippen LogP contribution in [0.5, 0.6) is 17.2 Å². The van der Waals surface area contributed by atoms with Gasteiger partial charge in [-0.1, -0.05) is 0 Å². The van der Waals surface area contributed by atoms with Crippen LogP contribution in [0, 0.1) is 6.92 Å². The maximum atomic E-state index is 5.48. The van der Waals surface area contributed by atoms with Crippen LogP contribution in [0.4, 0.5) is 0 Å². The molecule has 1 saturated heterocycles. The van der Waals surface area contributed by atoms with E-state index < -0.39 is 0 Å². The van der Waals surface area contributed by atoms with Crippen molar-refractivity contribution in [2.24, 2.45) is 12.0 Å². The lowest BCUT2D eigenvalue weighted by Crippen LogP contribution is -2.52. The minimum absolute atomic E-state index is 0.593. The summed E-state index contributed by atoms with van der Waals surface area (Å²) in [5, 5.41) is 11.7. The van der Waals surface area contributed by atoms with Crippen LogP contribution in [0.1, 0.15) is 17.2 Å². The average molecular weight is 432 g/mol. The van der Waals surface area contributed by atoms with E-state index >= 15 is 0 Å². The number of hydrogen-bond acceptors (Lipinski definition) is 7. The van der Waals surface area contributed by atoms with Crippen molar-refractivity contribution in [3.05, 3.63) is 29.3 Å². The van der Waals surface area contributed by atoms with Gasteiger partial charge in [-0.15, -0.1) is 10.2 Å². The quantitative estimate of drug-likeness (QED) is 0.514. The Morgan fingerprint density at radius 2 is 1.68 bits per heavy atom. The van der Waals surface area contributed by atoms with Gasteiger partial charge in [0.1, 0.15) is 5.82 Å². The molecule has 1 aromatic heterocycles. The van der Waals surface area contributed by atoms with E-state index in [4.69, 9.17) is 14.2 Å². The summed E-state index contributed by atoms with van der Waals surface area (Å²) in [5.74, 6) is 4.64. The largest absolute Gasteiger partial charge is 0.493 e. The number of piperazine rings is 1. The van der Waals surface area contributed by atoms with Gasteiger partial charge in [0, 0.05) is 46.8 Å². The average Bonchev–Trinajstić information content (AvgIpc) is 3.12. The molecule has 2 aromatic rings. The second-order valence-corrected chi connectivity index (χ2v) is 7.42. The van der Waals surface area contributed by atoms with E-state index in [9.17, 15) is 0 Å². The smallest absolute Gasteiger partial charge is 0.203 e. The van der Waals surface area contributed by atoms with Gasteiger partial charge in [0.15, 0.2) is 23.3 Å². The highest BCUT2D eigenvalue weighted by atomic mass is 16.5. The maximum absolute atomic E-state index is 5.48. The molecule has 170 valence electrons. The van der Waals surface area contributed by atoms with Crippen molar-refractivity contribution in [2.75, 3.05) is 54.6 Å². The van der Waals surface area contributed by atoms with Gasteiger partial charge >= 0.3 is 0 Å². The van der Waals surface area contributed by atoms with Gasteiger partial charge in [-0.2, -0.15) is 0 Å². The number of aromatic nitrogens is 3. The minimum Gasteiger partial charge on any atom is -0.493 e. The fraction of sp³-hybridized carbons (Fsp3) is 0.571. The first-order valence-corrected chi connectivity index (χ1v) is 10.3. The summed E-state index contributed by atoms with van der Waals surface area (Å²) in [6.07, 6.45) is 0. The first kappa shape index (κ1) is 22.7. The highest BCUT2D eigenvalue weighted by molar-refractivity contribution is 5.79. The maximum Gasteiger partial charge on any atom is 0.203 e. The molecule has 1 fully saturated rings. The normalized spacial score (nSPS) is 15.2. The lowest BCUT2D eigenvalue weighted by atomic mass is 10.1. The molecule has 0 saturated carbocycles. The first-order valence-electron chi connectivity index (χ1n) is 10.3. The van der Waals surface area contributed by atoms with Crippen LogP contribution < -0.4 is 19.5 Å². The highest BCUT2D eigenvalue weighted by Gasteiger charge is 2.21. The Hall–Kier alpha value is -3.01. The molecule has 0 spiro atoms. The van der Waals surface area contributed by atoms with Gasteiger partial charge in [-0.05, 0) is 24.6 Å². The highest BCUT2D eigenvalue weighted by Crippen LogP contribution is 2.38. The standard InChI is InChI=1S/C21H33N7O3/c1-15-24-25-19(26(15)3)13-23-21(22-2)28-9-7-27(8-10-28)14-16-11-17(29-4)20(31-6)18(12-16)30-5/h11-12H,7-10,13-14H2,1-6H3,(H,22,23). The number of benzene rings is 1. The van der Waals surface area contributed by atoms with E-state index in [0.29, 0.717) is 23.8 Å². The predicted octanol–water partition coefficient (Wildman–Crippen LogP) is 1.04. The molecular formula is C21H33N7O3. The van der Waals surface area contributed by atoms with Crippen LogP contribution in [0.15, 0.2) is 17.1 Å². The monoisotopic (exact) mass is 431 g/mol. The van der Waals surface area contributed by atoms with Crippen molar-refractivity contribution in [3.63, 3.8) is 0 Å². The number of hydrogen-bond donors (Lipinski definition) is 1. The van der Waals surface area contributed by atoms with Crippen molar-refractivity contribution in [3.8, 4) is 17.2 Å². The van der Waals surface area contributed by atoms with E-state index in [1.807, 2.05) is 37.7 Å². The van der Waals surface area contributed by atoms with Crippen molar-refractivity contribution < 1.29 is 14.2 Å². The molecular weight excluding hydrogens is 398 g/mol. The van der Waals surface area contributed by atoms with Gasteiger partial charge in [0.2, 0.25) is 5.75 Å². The van der Waals surface area contributed by atoms with E-state index in [2.05, 4.69) is 30.3 Å². The Bertz CT molecular complexity index is 879. The third-order valence-corrected chi connectivity index (χ3v) is 5.60. The molecule has 1 aliphatic heterocycles. The molecule has 0 atom stereocenters. The molecule has 1 aliphatic rings. The van der Waals surface area contributed by atoms with Crippen LogP contribution >= 0.6 is 0 Å². The zero-order chi connectivity index (χ0) is 22.4. The molecule has 0 unspecified atom stereocenters. The van der Waals surface area contributed by atoms with Crippen molar-refractivity contribution in [1.82, 2.24) is 29.9 Å². The molecule has 1 aromatic carbocycles. The van der Waals surface area contributed by atoms with E-state index in [1.165, 1.54) is 0 Å². The lowest BCUT2D eigenvalue weighted by Gasteiger charge is -2.36. The van der Waals surface area contributed by atoms with Gasteiger partial charge < -0.3 is 29.0 Å². The first-order chi connectivity index (χ1) is 15.0. The summed E-state index contributed by atoms with van der Waals surface area (Å²) >= 11 is 0. The molecule has 0 amide bonds. The van der Waals surface area contributed by atoms with Gasteiger partial charge in [0.25, 0.3) is 0 Å². The van der Waals surface area contributed by atoms with E-state index in [-0.39, 0.29) is 0 Å². The number of ether oxygens (including phenoxy) is 3. The third kappa shape index (κ3) is 5.19. The summed E-state index contributed by atoms with van der Waals surface area (Å²) in [7, 11) is 8.68. The molecule has 31 heavy (non-hydrogen) atoms. The van der Waals surface area contributed by atoms with Crippen LogP contribution in [0.25, 0.3) is 0 Å². The number of aliphatic imine (C=N–C) groups is 1. The van der Waals surface area contributed by atoms with Crippen molar-refractivity contribution in [1.29, 1.82) is 0 Å². The summed E-state index contributed by atoms with van der Waals surface area (Å²) in [4.78, 5) is 9.13. The number of rotatable bonds is 7. The number of nitrogens with zero attached hydrogens (tertiary/aromatic N) is 6. The van der Waals surface area contributed by atoms with E-state index in [0.717, 1.165) is 55.9 Å². The topological polar surface area (TPSA) is 89.3 Å². The zero-order valence-corrected chi connectivity index (χ0v) is 19.3. The summed E-state index contributed by atoms with van der Waals surface area (Å²) in [5.41, 5.74) is 1.13. The number of methoxy groups -OCH3 is 3. The molecule has 1 N–H and O–H groups in total. The van der Waals surface area contributed by atoms with Crippen molar-refractivity contribution >= 4 is 5.96 Å². The van der Waals surface area contributed by atoms with Gasteiger partial charge in [-0.25, -0.2) is 0 Å². The Labute approximate surface area is 183 Å². The number of nitrogens with one attached hydrogen (secondary N) is 1. The Morgan fingerprint density at radius 3 is 2.16 bits per heavy atom. The third-order valence-electron chi connectivity index (χ3n) is 5.60. The second-order valence-electron chi connectivity index (χ2n) is 7.42.